The second kappa shape index (κ2) is 5.37. The number of furan rings is 1. The second-order valence-corrected chi connectivity index (χ2v) is 5.21. The first-order valence-corrected chi connectivity index (χ1v) is 6.97. The summed E-state index contributed by atoms with van der Waals surface area (Å²) in [5, 5.41) is 10.9. The molecule has 0 spiro atoms. The van der Waals surface area contributed by atoms with Crippen molar-refractivity contribution in [1.82, 2.24) is 20.1 Å². The first-order valence-electron chi connectivity index (χ1n) is 6.18. The molecule has 0 saturated heterocycles. The van der Waals surface area contributed by atoms with Crippen LogP contribution in [-0.2, 0) is 24.4 Å². The molecule has 0 saturated carbocycles. The number of hydrogen-bond donors (Lipinski definition) is 1. The maximum atomic E-state index is 12.0. The summed E-state index contributed by atoms with van der Waals surface area (Å²) in [5.74, 6) is 1.51. The number of carbonyl (C=O) groups excluding carboxylic acids is 1. The highest BCUT2D eigenvalue weighted by molar-refractivity contribution is 9.10. The van der Waals surface area contributed by atoms with Crippen LogP contribution in [0, 0.1) is 6.92 Å². The lowest BCUT2D eigenvalue weighted by molar-refractivity contribution is 0.0801. The molecule has 7 nitrogen and oxygen atoms in total. The molecular weight excluding hydrogens is 328 g/mol. The van der Waals surface area contributed by atoms with Crippen LogP contribution in [0.25, 0.3) is 0 Å². The molecule has 8 heteroatoms. The van der Waals surface area contributed by atoms with Crippen LogP contribution < -0.4 is 5.32 Å². The zero-order chi connectivity index (χ0) is 14.1. The normalized spacial score (nSPS) is 14.1. The van der Waals surface area contributed by atoms with Gasteiger partial charge in [0, 0.05) is 12.1 Å². The molecule has 20 heavy (non-hydrogen) atoms. The van der Waals surface area contributed by atoms with Gasteiger partial charge in [-0.25, -0.2) is 0 Å². The lowest BCUT2D eigenvalue weighted by Gasteiger charge is -2.15. The Morgan fingerprint density at radius 2 is 2.40 bits per heavy atom. The van der Waals surface area contributed by atoms with Crippen molar-refractivity contribution in [2.75, 3.05) is 6.61 Å². The quantitative estimate of drug-likeness (QED) is 0.913. The average Bonchev–Trinajstić information content (AvgIpc) is 3.01. The number of fused-ring (bicyclic) bond motifs is 1. The molecule has 0 radical (unpaired) electrons. The number of hydrogen-bond acceptors (Lipinski definition) is 5. The van der Waals surface area contributed by atoms with E-state index in [0.29, 0.717) is 31.0 Å². The van der Waals surface area contributed by atoms with E-state index in [9.17, 15) is 4.79 Å². The molecular formula is C12H13BrN4O3. The monoisotopic (exact) mass is 340 g/mol. The van der Waals surface area contributed by atoms with Crippen molar-refractivity contribution >= 4 is 21.8 Å². The van der Waals surface area contributed by atoms with E-state index < -0.39 is 0 Å². The predicted octanol–water partition coefficient (Wildman–Crippen LogP) is 1.40. The first-order chi connectivity index (χ1) is 9.65. The molecule has 1 N–H and O–H groups in total. The van der Waals surface area contributed by atoms with E-state index in [4.69, 9.17) is 9.15 Å². The fourth-order valence-electron chi connectivity index (χ4n) is 2.01. The molecule has 1 aliphatic rings. The summed E-state index contributed by atoms with van der Waals surface area (Å²) in [5.41, 5.74) is 0.882. The molecule has 2 aromatic heterocycles. The van der Waals surface area contributed by atoms with Crippen molar-refractivity contribution in [1.29, 1.82) is 0 Å². The van der Waals surface area contributed by atoms with Gasteiger partial charge in [-0.05, 0) is 28.9 Å². The number of nitrogens with one attached hydrogen (secondary N) is 1. The number of carbonyl (C=O) groups is 1. The standard InChI is InChI=1S/C12H13BrN4O3/c1-7-4-8(20-11(7)13)12(18)14-5-9-15-16-10-6-19-3-2-17(9)10/h4H,2-3,5-6H2,1H3,(H,14,18). The third-order valence-electron chi connectivity index (χ3n) is 3.08. The van der Waals surface area contributed by atoms with Crippen LogP contribution in [0.15, 0.2) is 15.2 Å². The third-order valence-corrected chi connectivity index (χ3v) is 3.87. The van der Waals surface area contributed by atoms with E-state index in [2.05, 4.69) is 31.4 Å². The Hall–Kier alpha value is -1.67. The maximum absolute atomic E-state index is 12.0. The molecule has 0 bridgehead atoms. The molecule has 1 amide bonds. The highest BCUT2D eigenvalue weighted by Crippen LogP contribution is 2.20. The van der Waals surface area contributed by atoms with Gasteiger partial charge in [-0.2, -0.15) is 0 Å². The average molecular weight is 341 g/mol. The predicted molar refractivity (Wildman–Crippen MR) is 72.0 cm³/mol. The minimum atomic E-state index is -0.275. The van der Waals surface area contributed by atoms with Gasteiger partial charge in [-0.3, -0.25) is 4.79 Å². The van der Waals surface area contributed by atoms with E-state index in [1.54, 1.807) is 6.07 Å². The van der Waals surface area contributed by atoms with Gasteiger partial charge >= 0.3 is 0 Å². The fraction of sp³-hybridized carbons (Fsp3) is 0.417. The zero-order valence-corrected chi connectivity index (χ0v) is 12.4. The van der Waals surface area contributed by atoms with Crippen LogP contribution in [0.3, 0.4) is 0 Å². The summed E-state index contributed by atoms with van der Waals surface area (Å²) >= 11 is 3.24. The second-order valence-electron chi connectivity index (χ2n) is 4.49. The maximum Gasteiger partial charge on any atom is 0.287 e. The highest BCUT2D eigenvalue weighted by Gasteiger charge is 2.18. The Morgan fingerprint density at radius 3 is 3.15 bits per heavy atom. The Labute approximate surface area is 123 Å². The lowest BCUT2D eigenvalue weighted by Crippen LogP contribution is -2.26. The summed E-state index contributed by atoms with van der Waals surface area (Å²) in [6.07, 6.45) is 0. The van der Waals surface area contributed by atoms with Crippen molar-refractivity contribution in [3.05, 3.63) is 33.7 Å². The molecule has 0 atom stereocenters. The van der Waals surface area contributed by atoms with E-state index >= 15 is 0 Å². The smallest absolute Gasteiger partial charge is 0.287 e. The number of halogens is 1. The Morgan fingerprint density at radius 1 is 1.55 bits per heavy atom. The Bertz CT molecular complexity index is 630. The van der Waals surface area contributed by atoms with Gasteiger partial charge < -0.3 is 19.0 Å². The van der Waals surface area contributed by atoms with Gasteiger partial charge in [-0.15, -0.1) is 10.2 Å². The van der Waals surface area contributed by atoms with Gasteiger partial charge in [0.15, 0.2) is 22.1 Å². The van der Waals surface area contributed by atoms with E-state index in [0.717, 1.165) is 17.2 Å². The van der Waals surface area contributed by atoms with Gasteiger partial charge in [0.05, 0.1) is 13.2 Å². The number of rotatable bonds is 3. The number of amides is 1. The van der Waals surface area contributed by atoms with Crippen molar-refractivity contribution in [2.45, 2.75) is 26.6 Å². The minimum absolute atomic E-state index is 0.274. The van der Waals surface area contributed by atoms with Crippen LogP contribution >= 0.6 is 15.9 Å². The van der Waals surface area contributed by atoms with E-state index in [-0.39, 0.29) is 11.7 Å². The summed E-state index contributed by atoms with van der Waals surface area (Å²) in [6.45, 7) is 3.98. The van der Waals surface area contributed by atoms with Crippen LogP contribution in [0.2, 0.25) is 0 Å². The first kappa shape index (κ1) is 13.3. The van der Waals surface area contributed by atoms with Gasteiger partial charge in [0.25, 0.3) is 5.91 Å². The topological polar surface area (TPSA) is 82.2 Å². The number of aromatic nitrogens is 3. The Balaban J connectivity index is 1.67. The molecule has 106 valence electrons. The zero-order valence-electron chi connectivity index (χ0n) is 10.9. The summed E-state index contributed by atoms with van der Waals surface area (Å²) in [6, 6.07) is 1.69. The van der Waals surface area contributed by atoms with Crippen molar-refractivity contribution in [3.63, 3.8) is 0 Å². The molecule has 3 heterocycles. The van der Waals surface area contributed by atoms with Gasteiger partial charge in [0.2, 0.25) is 0 Å². The highest BCUT2D eigenvalue weighted by atomic mass is 79.9. The summed E-state index contributed by atoms with van der Waals surface area (Å²) < 4.78 is 13.1. The van der Waals surface area contributed by atoms with Crippen LogP contribution in [0.4, 0.5) is 0 Å². The summed E-state index contributed by atoms with van der Waals surface area (Å²) in [7, 11) is 0. The van der Waals surface area contributed by atoms with E-state index in [1.165, 1.54) is 0 Å². The summed E-state index contributed by atoms with van der Waals surface area (Å²) in [4.78, 5) is 12.0. The van der Waals surface area contributed by atoms with Crippen LogP contribution in [0.1, 0.15) is 27.8 Å². The largest absolute Gasteiger partial charge is 0.444 e. The van der Waals surface area contributed by atoms with Crippen LogP contribution in [0.5, 0.6) is 0 Å². The molecule has 0 aromatic carbocycles. The molecule has 0 fully saturated rings. The SMILES string of the molecule is Cc1cc(C(=O)NCc2nnc3n2CCOC3)oc1Br. The molecule has 1 aliphatic heterocycles. The molecule has 2 aromatic rings. The Kier molecular flexibility index (Phi) is 3.58. The lowest BCUT2D eigenvalue weighted by atomic mass is 10.3. The molecule has 0 aliphatic carbocycles. The molecule has 3 rings (SSSR count). The molecule has 0 unspecified atom stereocenters. The number of ether oxygens (including phenoxy) is 1. The number of nitrogens with zero attached hydrogens (tertiary/aromatic N) is 3. The fourth-order valence-corrected chi connectivity index (χ4v) is 2.29. The minimum Gasteiger partial charge on any atom is -0.444 e. The van der Waals surface area contributed by atoms with Gasteiger partial charge in [0.1, 0.15) is 6.61 Å². The van der Waals surface area contributed by atoms with Crippen molar-refractivity contribution in [3.8, 4) is 0 Å². The van der Waals surface area contributed by atoms with E-state index in [1.807, 2.05) is 11.5 Å². The van der Waals surface area contributed by atoms with Crippen molar-refractivity contribution < 1.29 is 13.9 Å². The van der Waals surface area contributed by atoms with Crippen molar-refractivity contribution in [2.24, 2.45) is 0 Å². The number of aryl methyl sites for hydroxylation is 1. The van der Waals surface area contributed by atoms with Gasteiger partial charge in [-0.1, -0.05) is 0 Å². The third kappa shape index (κ3) is 2.48. The van der Waals surface area contributed by atoms with Crippen LogP contribution in [-0.4, -0.2) is 27.3 Å².